The van der Waals surface area contributed by atoms with E-state index < -0.39 is 0 Å². The van der Waals surface area contributed by atoms with Crippen LogP contribution in [0.2, 0.25) is 0 Å². The maximum Gasteiger partial charge on any atom is 0.201 e. The molecule has 2 aromatic heterocycles. The molecule has 0 bridgehead atoms. The molecule has 0 aliphatic carbocycles. The number of aromatic nitrogens is 1. The summed E-state index contributed by atoms with van der Waals surface area (Å²) < 4.78 is 12.1. The quantitative estimate of drug-likeness (QED) is 0.643. The smallest absolute Gasteiger partial charge is 0.201 e. The predicted octanol–water partition coefficient (Wildman–Crippen LogP) is 4.71. The van der Waals surface area contributed by atoms with Gasteiger partial charge in [-0.3, -0.25) is 0 Å². The van der Waals surface area contributed by atoms with Crippen molar-refractivity contribution in [2.24, 2.45) is 0 Å². The Kier molecular flexibility index (Phi) is 4.66. The van der Waals surface area contributed by atoms with E-state index in [1.54, 1.807) is 6.26 Å². The number of hydrogen-bond acceptors (Lipinski definition) is 6. The number of anilines is 1. The highest BCUT2D eigenvalue weighted by molar-refractivity contribution is 6.01. The van der Waals surface area contributed by atoms with E-state index >= 15 is 0 Å². The molecule has 0 saturated carbocycles. The van der Waals surface area contributed by atoms with Crippen molar-refractivity contribution in [1.29, 1.82) is 5.26 Å². The molecule has 1 unspecified atom stereocenters. The monoisotopic (exact) mass is 392 g/mol. The number of nitrogens with zero attached hydrogens (tertiary/aromatic N) is 4. The Morgan fingerprint density at radius 2 is 2.07 bits per heavy atom. The topological polar surface area (TPSA) is 69.4 Å². The minimum atomic E-state index is -0.251. The van der Waals surface area contributed by atoms with E-state index in [1.807, 2.05) is 19.1 Å². The van der Waals surface area contributed by atoms with Crippen molar-refractivity contribution in [3.63, 3.8) is 0 Å². The predicted molar refractivity (Wildman–Crippen MR) is 114 cm³/mol. The molecular formula is C23H28N4O2. The molecule has 0 radical (unpaired) electrons. The Balaban J connectivity index is 2.04. The average Bonchev–Trinajstić information content (AvgIpc) is 3.39. The molecule has 1 aliphatic rings. The number of rotatable bonds is 3. The first-order chi connectivity index (χ1) is 13.7. The van der Waals surface area contributed by atoms with Crippen molar-refractivity contribution < 1.29 is 8.83 Å². The van der Waals surface area contributed by atoms with Gasteiger partial charge in [0.2, 0.25) is 5.89 Å². The van der Waals surface area contributed by atoms with Crippen LogP contribution >= 0.6 is 0 Å². The maximum absolute atomic E-state index is 9.94. The number of fused-ring (bicyclic) bond motifs is 1. The van der Waals surface area contributed by atoms with Crippen molar-refractivity contribution in [2.75, 3.05) is 32.1 Å². The van der Waals surface area contributed by atoms with Crippen LogP contribution in [0.5, 0.6) is 0 Å². The van der Waals surface area contributed by atoms with Gasteiger partial charge in [0.1, 0.15) is 17.3 Å². The van der Waals surface area contributed by atoms with Crippen molar-refractivity contribution >= 4 is 16.8 Å². The van der Waals surface area contributed by atoms with Crippen LogP contribution in [0.3, 0.4) is 0 Å². The molecule has 6 heteroatoms. The highest BCUT2D eigenvalue weighted by atomic mass is 16.4. The Bertz CT molecular complexity index is 1080. The Labute approximate surface area is 171 Å². The highest BCUT2D eigenvalue weighted by Gasteiger charge is 2.33. The first-order valence-corrected chi connectivity index (χ1v) is 10.0. The third kappa shape index (κ3) is 3.20. The van der Waals surface area contributed by atoms with Crippen LogP contribution in [0.25, 0.3) is 22.4 Å². The minimum Gasteiger partial charge on any atom is -0.464 e. The van der Waals surface area contributed by atoms with Crippen LogP contribution in [-0.4, -0.2) is 43.1 Å². The number of hydrogen-bond donors (Lipinski definition) is 0. The molecule has 1 atom stereocenters. The first kappa shape index (κ1) is 19.5. The number of oxazole rings is 1. The Morgan fingerprint density at radius 1 is 1.31 bits per heavy atom. The maximum atomic E-state index is 9.94. The fraction of sp³-hybridized carbons (Fsp3) is 0.478. The molecule has 4 rings (SSSR count). The zero-order chi connectivity index (χ0) is 20.9. The third-order valence-electron chi connectivity index (χ3n) is 5.80. The summed E-state index contributed by atoms with van der Waals surface area (Å²) in [5.41, 5.74) is 4.42. The fourth-order valence-electron chi connectivity index (χ4n) is 4.09. The summed E-state index contributed by atoms with van der Waals surface area (Å²) in [4.78, 5) is 9.39. The lowest BCUT2D eigenvalue weighted by Gasteiger charge is -2.25. The van der Waals surface area contributed by atoms with E-state index in [1.165, 1.54) is 0 Å². The second kappa shape index (κ2) is 6.93. The molecular weight excluding hydrogens is 364 g/mol. The van der Waals surface area contributed by atoms with E-state index in [0.717, 1.165) is 42.1 Å². The van der Waals surface area contributed by atoms with Crippen molar-refractivity contribution in [3.8, 4) is 17.4 Å². The molecule has 0 spiro atoms. The van der Waals surface area contributed by atoms with E-state index in [4.69, 9.17) is 13.8 Å². The lowest BCUT2D eigenvalue weighted by molar-refractivity contribution is 0.315. The second-order valence-corrected chi connectivity index (χ2v) is 9.11. The molecule has 1 saturated heterocycles. The van der Waals surface area contributed by atoms with Crippen LogP contribution in [0, 0.1) is 18.3 Å². The molecule has 1 aliphatic heterocycles. The van der Waals surface area contributed by atoms with E-state index in [9.17, 15) is 5.26 Å². The molecule has 29 heavy (non-hydrogen) atoms. The van der Waals surface area contributed by atoms with Gasteiger partial charge in [-0.05, 0) is 45.1 Å². The van der Waals surface area contributed by atoms with Gasteiger partial charge in [-0.2, -0.15) is 5.26 Å². The second-order valence-electron chi connectivity index (χ2n) is 9.11. The molecule has 0 N–H and O–H groups in total. The van der Waals surface area contributed by atoms with Gasteiger partial charge in [0.05, 0.1) is 17.5 Å². The van der Waals surface area contributed by atoms with Gasteiger partial charge in [-0.25, -0.2) is 4.98 Å². The molecule has 6 nitrogen and oxygen atoms in total. The molecule has 3 heterocycles. The van der Waals surface area contributed by atoms with Gasteiger partial charge in [-0.15, -0.1) is 0 Å². The van der Waals surface area contributed by atoms with Gasteiger partial charge in [0.25, 0.3) is 0 Å². The summed E-state index contributed by atoms with van der Waals surface area (Å²) in [6, 6.07) is 6.65. The van der Waals surface area contributed by atoms with Crippen LogP contribution < -0.4 is 4.90 Å². The lowest BCUT2D eigenvalue weighted by Crippen LogP contribution is -2.31. The fourth-order valence-corrected chi connectivity index (χ4v) is 4.09. The molecule has 1 fully saturated rings. The van der Waals surface area contributed by atoms with Crippen LogP contribution in [0.15, 0.2) is 27.2 Å². The largest absolute Gasteiger partial charge is 0.464 e. The zero-order valence-electron chi connectivity index (χ0n) is 18.0. The van der Waals surface area contributed by atoms with E-state index in [-0.39, 0.29) is 5.41 Å². The van der Waals surface area contributed by atoms with Crippen molar-refractivity contribution in [1.82, 2.24) is 9.88 Å². The van der Waals surface area contributed by atoms with Gasteiger partial charge in [-0.1, -0.05) is 20.8 Å². The molecule has 1 aromatic carbocycles. The first-order valence-electron chi connectivity index (χ1n) is 10.0. The van der Waals surface area contributed by atoms with Gasteiger partial charge in [0, 0.05) is 30.1 Å². The summed E-state index contributed by atoms with van der Waals surface area (Å²) in [5, 5.41) is 9.94. The normalized spacial score (nSPS) is 17.4. The number of likely N-dealkylation sites (N-methyl/N-ethyl adjacent to an activating group) is 1. The summed E-state index contributed by atoms with van der Waals surface area (Å²) >= 11 is 0. The minimum absolute atomic E-state index is 0.251. The third-order valence-corrected chi connectivity index (χ3v) is 5.80. The van der Waals surface area contributed by atoms with Crippen molar-refractivity contribution in [2.45, 2.75) is 45.6 Å². The molecule has 3 aromatic rings. The van der Waals surface area contributed by atoms with E-state index in [2.05, 4.69) is 50.7 Å². The van der Waals surface area contributed by atoms with Crippen LogP contribution in [-0.2, 0) is 5.41 Å². The van der Waals surface area contributed by atoms with Gasteiger partial charge < -0.3 is 18.6 Å². The summed E-state index contributed by atoms with van der Waals surface area (Å²) in [7, 11) is 4.24. The van der Waals surface area contributed by atoms with Crippen molar-refractivity contribution in [3.05, 3.63) is 35.4 Å². The standard InChI is InChI=1S/C23H28N4O2/c1-14-16(12-24)19-21(29-22(25-19)23(2,3)4)20(18(14)17-8-7-11-28-17)27-10-9-15(13-27)26(5)6/h7-8,11,15H,9-10,13H2,1-6H3. The van der Waals surface area contributed by atoms with Crippen LogP contribution in [0.1, 0.15) is 44.2 Å². The number of benzene rings is 1. The zero-order valence-corrected chi connectivity index (χ0v) is 18.0. The summed E-state index contributed by atoms with van der Waals surface area (Å²) in [6.07, 6.45) is 2.74. The number of furan rings is 1. The van der Waals surface area contributed by atoms with E-state index in [0.29, 0.717) is 28.6 Å². The Hall–Kier alpha value is -2.78. The summed E-state index contributed by atoms with van der Waals surface area (Å²) in [6.45, 7) is 10.0. The number of nitriles is 1. The lowest BCUT2D eigenvalue weighted by atomic mass is 9.96. The van der Waals surface area contributed by atoms with Gasteiger partial charge in [0.15, 0.2) is 5.58 Å². The van der Waals surface area contributed by atoms with Gasteiger partial charge >= 0.3 is 0 Å². The average molecular weight is 393 g/mol. The molecule has 0 amide bonds. The molecule has 152 valence electrons. The van der Waals surface area contributed by atoms with Crippen LogP contribution in [0.4, 0.5) is 5.69 Å². The Morgan fingerprint density at radius 3 is 2.62 bits per heavy atom. The highest BCUT2D eigenvalue weighted by Crippen LogP contribution is 2.45. The summed E-state index contributed by atoms with van der Waals surface area (Å²) in [5.74, 6) is 1.39. The SMILES string of the molecule is Cc1c(-c2ccco2)c(N2CCC(N(C)C)C2)c2oc(C(C)(C)C)nc2c1C#N.